The minimum Gasteiger partial charge on any atom is -0.497 e. The van der Waals surface area contributed by atoms with E-state index in [1.165, 1.54) is 13.2 Å². The summed E-state index contributed by atoms with van der Waals surface area (Å²) in [5.41, 5.74) is 0.957. The molecule has 7 nitrogen and oxygen atoms in total. The third kappa shape index (κ3) is 5.86. The van der Waals surface area contributed by atoms with Gasteiger partial charge >= 0.3 is 0 Å². The van der Waals surface area contributed by atoms with E-state index in [1.54, 1.807) is 12.1 Å². The number of carbonyl (C=O) groups is 2. The molecule has 0 aliphatic carbocycles. The van der Waals surface area contributed by atoms with Crippen LogP contribution in [0.25, 0.3) is 0 Å². The van der Waals surface area contributed by atoms with Crippen molar-refractivity contribution < 1.29 is 23.5 Å². The lowest BCUT2D eigenvalue weighted by molar-refractivity contribution is -0.132. The fourth-order valence-corrected chi connectivity index (χ4v) is 5.04. The molecule has 0 saturated carbocycles. The molecule has 1 unspecified atom stereocenters. The standard InChI is InChI=1S/C27H34FN3O4/c1-3-35-24-7-5-4-6-23(24)30-14-16-31(17-15-30)26(33)11-13-27(12-10-25(32)29-27)19-20-8-9-21(34-2)18-22(20)28/h4-9,18H,3,10-17,19H2,1-2H3,(H,29,32). The lowest BCUT2D eigenvalue weighted by Gasteiger charge is -2.37. The number of nitrogens with zero attached hydrogens (tertiary/aromatic N) is 2. The molecule has 8 heteroatoms. The Labute approximate surface area is 206 Å². The summed E-state index contributed by atoms with van der Waals surface area (Å²) in [4.78, 5) is 29.3. The van der Waals surface area contributed by atoms with Gasteiger partial charge in [-0.2, -0.15) is 0 Å². The van der Waals surface area contributed by atoms with Gasteiger partial charge in [-0.05, 0) is 49.9 Å². The van der Waals surface area contributed by atoms with Gasteiger partial charge in [0.1, 0.15) is 17.3 Å². The van der Waals surface area contributed by atoms with Crippen molar-refractivity contribution in [3.63, 3.8) is 0 Å². The number of carbonyl (C=O) groups excluding carboxylic acids is 2. The van der Waals surface area contributed by atoms with Crippen LogP contribution in [0.3, 0.4) is 0 Å². The number of nitrogens with one attached hydrogen (secondary N) is 1. The number of para-hydroxylation sites is 2. The van der Waals surface area contributed by atoms with Crippen molar-refractivity contribution >= 4 is 17.5 Å². The molecule has 2 aliphatic rings. The van der Waals surface area contributed by atoms with E-state index in [0.29, 0.717) is 63.1 Å². The van der Waals surface area contributed by atoms with Crippen molar-refractivity contribution in [1.29, 1.82) is 0 Å². The molecular weight excluding hydrogens is 449 g/mol. The second-order valence-corrected chi connectivity index (χ2v) is 9.23. The second-order valence-electron chi connectivity index (χ2n) is 9.23. The highest BCUT2D eigenvalue weighted by atomic mass is 19.1. The van der Waals surface area contributed by atoms with E-state index < -0.39 is 5.54 Å². The molecule has 0 bridgehead atoms. The number of hydrogen-bond acceptors (Lipinski definition) is 5. The van der Waals surface area contributed by atoms with Crippen LogP contribution in [0.5, 0.6) is 11.5 Å². The van der Waals surface area contributed by atoms with E-state index in [4.69, 9.17) is 9.47 Å². The van der Waals surface area contributed by atoms with Crippen molar-refractivity contribution in [2.45, 2.75) is 44.6 Å². The van der Waals surface area contributed by atoms with Crippen LogP contribution in [-0.2, 0) is 16.0 Å². The Bertz CT molecular complexity index is 1050. The molecule has 0 radical (unpaired) electrons. The number of hydrogen-bond donors (Lipinski definition) is 1. The van der Waals surface area contributed by atoms with Gasteiger partial charge in [-0.3, -0.25) is 9.59 Å². The molecular formula is C27H34FN3O4. The number of anilines is 1. The first-order valence-corrected chi connectivity index (χ1v) is 12.3. The molecule has 1 N–H and O–H groups in total. The smallest absolute Gasteiger partial charge is 0.222 e. The quantitative estimate of drug-likeness (QED) is 0.591. The molecule has 35 heavy (non-hydrogen) atoms. The Kier molecular flexibility index (Phi) is 7.78. The lowest BCUT2D eigenvalue weighted by Crippen LogP contribution is -2.50. The van der Waals surface area contributed by atoms with Crippen molar-refractivity contribution in [2.75, 3.05) is 44.8 Å². The summed E-state index contributed by atoms with van der Waals surface area (Å²) in [5, 5.41) is 3.05. The number of piperazine rings is 1. The summed E-state index contributed by atoms with van der Waals surface area (Å²) in [7, 11) is 1.50. The first kappa shape index (κ1) is 24.8. The van der Waals surface area contributed by atoms with E-state index in [1.807, 2.05) is 36.1 Å². The number of methoxy groups -OCH3 is 1. The first-order valence-electron chi connectivity index (χ1n) is 12.3. The van der Waals surface area contributed by atoms with Crippen molar-refractivity contribution in [3.8, 4) is 11.5 Å². The van der Waals surface area contributed by atoms with Gasteiger partial charge in [0.05, 0.1) is 19.4 Å². The molecule has 4 rings (SSSR count). The van der Waals surface area contributed by atoms with Crippen LogP contribution in [0.1, 0.15) is 38.2 Å². The SMILES string of the molecule is CCOc1ccccc1N1CCN(C(=O)CCC2(Cc3ccc(OC)cc3F)CCC(=O)N2)CC1. The lowest BCUT2D eigenvalue weighted by atomic mass is 9.84. The topological polar surface area (TPSA) is 71.1 Å². The normalized spacial score (nSPS) is 20.0. The monoisotopic (exact) mass is 483 g/mol. The molecule has 2 fully saturated rings. The van der Waals surface area contributed by atoms with Gasteiger partial charge in [0.2, 0.25) is 11.8 Å². The van der Waals surface area contributed by atoms with Gasteiger partial charge in [0, 0.05) is 50.6 Å². The minimum atomic E-state index is -0.611. The molecule has 2 amide bonds. The number of amides is 2. The van der Waals surface area contributed by atoms with E-state index in [2.05, 4.69) is 10.2 Å². The average Bonchev–Trinajstić information content (AvgIpc) is 3.25. The van der Waals surface area contributed by atoms with E-state index in [9.17, 15) is 14.0 Å². The summed E-state index contributed by atoms with van der Waals surface area (Å²) < 4.78 is 25.5. The van der Waals surface area contributed by atoms with Crippen molar-refractivity contribution in [1.82, 2.24) is 10.2 Å². The van der Waals surface area contributed by atoms with Crippen molar-refractivity contribution in [2.24, 2.45) is 0 Å². The highest BCUT2D eigenvalue weighted by Gasteiger charge is 2.39. The van der Waals surface area contributed by atoms with Crippen LogP contribution in [0.4, 0.5) is 10.1 Å². The van der Waals surface area contributed by atoms with Crippen LogP contribution in [0, 0.1) is 5.82 Å². The number of rotatable bonds is 9. The maximum atomic E-state index is 14.6. The maximum absolute atomic E-state index is 14.6. The van der Waals surface area contributed by atoms with Crippen LogP contribution < -0.4 is 19.7 Å². The zero-order valence-electron chi connectivity index (χ0n) is 20.5. The number of ether oxygens (including phenoxy) is 2. The van der Waals surface area contributed by atoms with Gasteiger partial charge in [-0.1, -0.05) is 18.2 Å². The molecule has 2 aromatic carbocycles. The fraction of sp³-hybridized carbons (Fsp3) is 0.481. The predicted octanol–water partition coefficient (Wildman–Crippen LogP) is 3.55. The summed E-state index contributed by atoms with van der Waals surface area (Å²) in [6.07, 6.45) is 2.13. The summed E-state index contributed by atoms with van der Waals surface area (Å²) in [6, 6.07) is 12.7. The Morgan fingerprint density at radius 3 is 2.57 bits per heavy atom. The molecule has 0 aromatic heterocycles. The molecule has 2 aliphatic heterocycles. The first-order chi connectivity index (χ1) is 16.9. The third-order valence-electron chi connectivity index (χ3n) is 6.98. The van der Waals surface area contributed by atoms with Gasteiger partial charge in [-0.15, -0.1) is 0 Å². The third-order valence-corrected chi connectivity index (χ3v) is 6.98. The van der Waals surface area contributed by atoms with Crippen LogP contribution in [-0.4, -0.2) is 62.1 Å². The molecule has 2 heterocycles. The van der Waals surface area contributed by atoms with E-state index in [-0.39, 0.29) is 17.6 Å². The minimum absolute atomic E-state index is 0.0482. The van der Waals surface area contributed by atoms with Crippen LogP contribution >= 0.6 is 0 Å². The Hall–Kier alpha value is -3.29. The van der Waals surface area contributed by atoms with Gasteiger partial charge in [0.25, 0.3) is 0 Å². The Balaban J connectivity index is 1.36. The summed E-state index contributed by atoms with van der Waals surface area (Å²) >= 11 is 0. The zero-order valence-corrected chi connectivity index (χ0v) is 20.5. The van der Waals surface area contributed by atoms with Crippen LogP contribution in [0.2, 0.25) is 0 Å². The van der Waals surface area contributed by atoms with Gasteiger partial charge in [-0.25, -0.2) is 4.39 Å². The maximum Gasteiger partial charge on any atom is 0.222 e. The highest BCUT2D eigenvalue weighted by Crippen LogP contribution is 2.32. The second kappa shape index (κ2) is 11.0. The Morgan fingerprint density at radius 1 is 1.14 bits per heavy atom. The van der Waals surface area contributed by atoms with E-state index in [0.717, 1.165) is 24.5 Å². The predicted molar refractivity (Wildman–Crippen MR) is 132 cm³/mol. The van der Waals surface area contributed by atoms with Gasteiger partial charge < -0.3 is 24.6 Å². The van der Waals surface area contributed by atoms with Crippen LogP contribution in [0.15, 0.2) is 42.5 Å². The fourth-order valence-electron chi connectivity index (χ4n) is 5.04. The molecule has 188 valence electrons. The average molecular weight is 484 g/mol. The number of benzene rings is 2. The molecule has 1 atom stereocenters. The van der Waals surface area contributed by atoms with Crippen molar-refractivity contribution in [3.05, 3.63) is 53.8 Å². The Morgan fingerprint density at radius 2 is 1.91 bits per heavy atom. The van der Waals surface area contributed by atoms with E-state index >= 15 is 0 Å². The zero-order chi connectivity index (χ0) is 24.8. The summed E-state index contributed by atoms with van der Waals surface area (Å²) in [5.74, 6) is 0.972. The highest BCUT2D eigenvalue weighted by molar-refractivity contribution is 5.80. The number of halogens is 1. The largest absolute Gasteiger partial charge is 0.497 e. The molecule has 2 aromatic rings. The summed E-state index contributed by atoms with van der Waals surface area (Å²) in [6.45, 7) is 5.30. The van der Waals surface area contributed by atoms with Gasteiger partial charge in [0.15, 0.2) is 0 Å². The molecule has 0 spiro atoms. The molecule has 2 saturated heterocycles.